The Hall–Kier alpha value is -4.37. The first-order valence-electron chi connectivity index (χ1n) is 12.7. The molecule has 1 fully saturated rings. The van der Waals surface area contributed by atoms with Crippen LogP contribution in [0.25, 0.3) is 0 Å². The topological polar surface area (TPSA) is 100.0 Å². The number of likely N-dealkylation sites (N-methyl/N-ethyl adjacent to an activating group) is 1. The van der Waals surface area contributed by atoms with Crippen LogP contribution in [0.1, 0.15) is 25.3 Å². The zero-order valence-electron chi connectivity index (χ0n) is 22.2. The standard InChI is InChI=1S/C28H29F3N6O3/c1-4-19(15-32)11-10-18(2)25-24-22(16-34(3)33-26(24)39)37(21-9-7-8-20(14-21)28(29,30)31)27(40)36(25)17-23(38)35-12-5-6-13-35/h4,7-11,14,25H,2,5-6,12-13,16-17H2,1,3H3,(H,33,39)/b11-10-,19-4+/t25-/m1/s1. The van der Waals surface area contributed by atoms with E-state index in [1.165, 1.54) is 34.2 Å². The van der Waals surface area contributed by atoms with Crippen LogP contribution >= 0.6 is 0 Å². The van der Waals surface area contributed by atoms with Crippen molar-refractivity contribution >= 4 is 23.5 Å². The molecule has 1 aromatic rings. The number of nitrogens with one attached hydrogen (secondary N) is 1. The second-order valence-electron chi connectivity index (χ2n) is 9.71. The zero-order chi connectivity index (χ0) is 29.2. The minimum absolute atomic E-state index is 0.00275. The fourth-order valence-electron chi connectivity index (χ4n) is 5.03. The van der Waals surface area contributed by atoms with E-state index >= 15 is 0 Å². The van der Waals surface area contributed by atoms with Gasteiger partial charge in [-0.25, -0.2) is 9.80 Å². The van der Waals surface area contributed by atoms with Gasteiger partial charge >= 0.3 is 12.2 Å². The van der Waals surface area contributed by atoms with Gasteiger partial charge in [-0.15, -0.1) is 0 Å². The van der Waals surface area contributed by atoms with Crippen LogP contribution in [0.3, 0.4) is 0 Å². The molecule has 9 nitrogen and oxygen atoms in total. The van der Waals surface area contributed by atoms with Crippen molar-refractivity contribution in [3.63, 3.8) is 0 Å². The smallest absolute Gasteiger partial charge is 0.341 e. The van der Waals surface area contributed by atoms with Gasteiger partial charge in [0.05, 0.1) is 41.2 Å². The summed E-state index contributed by atoms with van der Waals surface area (Å²) in [5.74, 6) is -0.932. The van der Waals surface area contributed by atoms with E-state index in [2.05, 4.69) is 12.0 Å². The summed E-state index contributed by atoms with van der Waals surface area (Å²) in [7, 11) is 1.56. The molecule has 3 heterocycles. The molecule has 0 radical (unpaired) electrons. The normalized spacial score (nSPS) is 20.6. The number of benzene rings is 1. The Morgan fingerprint density at radius 2 is 1.93 bits per heavy atom. The first-order chi connectivity index (χ1) is 19.0. The van der Waals surface area contributed by atoms with Gasteiger partial charge in [0.2, 0.25) is 5.91 Å². The predicted octanol–water partition coefficient (Wildman–Crippen LogP) is 3.75. The monoisotopic (exact) mass is 554 g/mol. The molecule has 1 atom stereocenters. The van der Waals surface area contributed by atoms with Crippen LogP contribution < -0.4 is 10.3 Å². The van der Waals surface area contributed by atoms with Crippen molar-refractivity contribution in [1.82, 2.24) is 20.2 Å². The second kappa shape index (κ2) is 11.4. The number of amides is 4. The van der Waals surface area contributed by atoms with Gasteiger partial charge in [0, 0.05) is 25.7 Å². The first kappa shape index (κ1) is 28.6. The summed E-state index contributed by atoms with van der Waals surface area (Å²) in [6.45, 7) is 6.37. The number of hydrogen-bond donors (Lipinski definition) is 1. The van der Waals surface area contributed by atoms with E-state index in [1.807, 2.05) is 6.07 Å². The van der Waals surface area contributed by atoms with Crippen LogP contribution in [0, 0.1) is 11.3 Å². The molecule has 4 amide bonds. The van der Waals surface area contributed by atoms with Gasteiger partial charge in [0.1, 0.15) is 6.54 Å². The van der Waals surface area contributed by atoms with E-state index in [0.29, 0.717) is 18.7 Å². The van der Waals surface area contributed by atoms with E-state index in [1.54, 1.807) is 24.9 Å². The van der Waals surface area contributed by atoms with Crippen molar-refractivity contribution in [1.29, 1.82) is 5.26 Å². The predicted molar refractivity (Wildman–Crippen MR) is 141 cm³/mol. The van der Waals surface area contributed by atoms with Gasteiger partial charge in [-0.05, 0) is 49.6 Å². The lowest BCUT2D eigenvalue weighted by atomic mass is 9.90. The fourth-order valence-corrected chi connectivity index (χ4v) is 5.03. The number of nitriles is 1. The number of anilines is 1. The maximum atomic E-state index is 14.2. The number of nitrogens with zero attached hydrogens (tertiary/aromatic N) is 5. The van der Waals surface area contributed by atoms with Gasteiger partial charge in [-0.2, -0.15) is 18.4 Å². The molecule has 0 aliphatic carbocycles. The molecule has 0 aromatic heterocycles. The van der Waals surface area contributed by atoms with Gasteiger partial charge in [-0.3, -0.25) is 19.9 Å². The van der Waals surface area contributed by atoms with Crippen LogP contribution in [0.15, 0.2) is 71.5 Å². The summed E-state index contributed by atoms with van der Waals surface area (Å²) in [5.41, 5.74) is 2.45. The molecule has 4 rings (SSSR count). The van der Waals surface area contributed by atoms with E-state index in [4.69, 9.17) is 0 Å². The Morgan fingerprint density at radius 3 is 2.55 bits per heavy atom. The van der Waals surface area contributed by atoms with Crippen molar-refractivity contribution in [2.45, 2.75) is 32.0 Å². The lowest BCUT2D eigenvalue weighted by Crippen LogP contribution is -2.63. The summed E-state index contributed by atoms with van der Waals surface area (Å²) in [6.07, 6.45) is 1.54. The van der Waals surface area contributed by atoms with Crippen LogP contribution in [-0.4, -0.2) is 71.9 Å². The minimum Gasteiger partial charge on any atom is -0.341 e. The summed E-state index contributed by atoms with van der Waals surface area (Å²) in [4.78, 5) is 44.7. The highest BCUT2D eigenvalue weighted by atomic mass is 19.4. The van der Waals surface area contributed by atoms with Gasteiger partial charge < -0.3 is 9.80 Å². The molecule has 210 valence electrons. The van der Waals surface area contributed by atoms with Gasteiger partial charge in [0.15, 0.2) is 0 Å². The molecule has 0 saturated carbocycles. The van der Waals surface area contributed by atoms with Crippen LogP contribution in [0.2, 0.25) is 0 Å². The van der Waals surface area contributed by atoms with Crippen molar-refractivity contribution < 1.29 is 27.6 Å². The number of hydrazine groups is 1. The average molecular weight is 555 g/mol. The zero-order valence-corrected chi connectivity index (χ0v) is 22.2. The fraction of sp³-hybridized carbons (Fsp3) is 0.357. The first-order valence-corrected chi connectivity index (χ1v) is 12.7. The summed E-state index contributed by atoms with van der Waals surface area (Å²) in [6, 6.07) is 4.42. The van der Waals surface area contributed by atoms with Crippen molar-refractivity contribution in [2.24, 2.45) is 0 Å². The van der Waals surface area contributed by atoms with Crippen molar-refractivity contribution in [2.75, 3.05) is 38.1 Å². The third-order valence-electron chi connectivity index (χ3n) is 6.99. The molecule has 0 unspecified atom stereocenters. The number of allylic oxidation sites excluding steroid dienone is 3. The molecule has 0 bridgehead atoms. The van der Waals surface area contributed by atoms with Crippen molar-refractivity contribution in [3.05, 3.63) is 77.1 Å². The maximum Gasteiger partial charge on any atom is 0.416 e. The Kier molecular flexibility index (Phi) is 8.16. The molecular formula is C28H29F3N6O3. The molecule has 0 spiro atoms. The Morgan fingerprint density at radius 1 is 1.23 bits per heavy atom. The molecule has 1 N–H and O–H groups in total. The number of urea groups is 1. The van der Waals surface area contributed by atoms with Crippen molar-refractivity contribution in [3.8, 4) is 6.07 Å². The Labute approximate surface area is 230 Å². The molecular weight excluding hydrogens is 525 g/mol. The summed E-state index contributed by atoms with van der Waals surface area (Å²) >= 11 is 0. The molecule has 3 aliphatic heterocycles. The molecule has 12 heteroatoms. The number of alkyl halides is 3. The quantitative estimate of drug-likeness (QED) is 0.427. The van der Waals surface area contributed by atoms with Gasteiger partial charge in [0.25, 0.3) is 5.91 Å². The maximum absolute atomic E-state index is 14.2. The highest BCUT2D eigenvalue weighted by Gasteiger charge is 2.47. The number of carbonyl (C=O) groups excluding carboxylic acids is 3. The Balaban J connectivity index is 1.89. The Bertz CT molecular complexity index is 1370. The second-order valence-corrected chi connectivity index (χ2v) is 9.71. The highest BCUT2D eigenvalue weighted by Crippen LogP contribution is 2.38. The van der Waals surface area contributed by atoms with Crippen LogP contribution in [0.4, 0.5) is 23.7 Å². The average Bonchev–Trinajstić information content (AvgIpc) is 3.45. The SMILES string of the molecule is C=C(/C=C\C(C#N)=C/C)[C@@H]1C2=C(CN(C)NC2=O)N(c2cccc(C(F)(F)F)c2)C(=O)N1CC(=O)N1CCCC1. The largest absolute Gasteiger partial charge is 0.416 e. The molecule has 1 saturated heterocycles. The van der Waals surface area contributed by atoms with E-state index < -0.39 is 36.3 Å². The van der Waals surface area contributed by atoms with E-state index in [-0.39, 0.29) is 35.0 Å². The van der Waals surface area contributed by atoms with Crippen LogP contribution in [-0.2, 0) is 15.8 Å². The van der Waals surface area contributed by atoms with Crippen LogP contribution in [0.5, 0.6) is 0 Å². The lowest BCUT2D eigenvalue weighted by molar-refractivity contribution is -0.137. The van der Waals surface area contributed by atoms with Gasteiger partial charge in [-0.1, -0.05) is 24.8 Å². The third-order valence-corrected chi connectivity index (χ3v) is 6.99. The minimum atomic E-state index is -4.66. The van der Waals surface area contributed by atoms with E-state index in [0.717, 1.165) is 29.9 Å². The third kappa shape index (κ3) is 5.65. The molecule has 40 heavy (non-hydrogen) atoms. The highest BCUT2D eigenvalue weighted by molar-refractivity contribution is 6.07. The number of carbonyl (C=O) groups is 3. The molecule has 1 aromatic carbocycles. The summed E-state index contributed by atoms with van der Waals surface area (Å²) < 4.78 is 40.8. The number of likely N-dealkylation sites (tertiary alicyclic amines) is 1. The lowest BCUT2D eigenvalue weighted by Gasteiger charge is -2.46. The van der Waals surface area contributed by atoms with E-state index in [9.17, 15) is 32.8 Å². The number of hydrogen-bond acceptors (Lipinski definition) is 5. The summed E-state index contributed by atoms with van der Waals surface area (Å²) in [5, 5.41) is 10.7. The number of halogens is 3. The molecule has 3 aliphatic rings. The number of rotatable bonds is 6.